The molecule has 3 rings (SSSR count). The van der Waals surface area contributed by atoms with Crippen LogP contribution in [0.5, 0.6) is 0 Å². The zero-order valence-electron chi connectivity index (χ0n) is 16.3. The van der Waals surface area contributed by atoms with Gasteiger partial charge in [-0.3, -0.25) is 4.79 Å². The number of nitrogens with one attached hydrogen (secondary N) is 1. The molecule has 0 aliphatic carbocycles. The van der Waals surface area contributed by atoms with Crippen LogP contribution in [0.2, 0.25) is 0 Å². The van der Waals surface area contributed by atoms with E-state index in [0.717, 1.165) is 24.7 Å². The van der Waals surface area contributed by atoms with E-state index in [0.29, 0.717) is 18.7 Å². The number of sulfone groups is 1. The summed E-state index contributed by atoms with van der Waals surface area (Å²) < 4.78 is 49.7. The van der Waals surface area contributed by atoms with Crippen LogP contribution in [-0.2, 0) is 19.9 Å². The Morgan fingerprint density at radius 3 is 1.93 bits per heavy atom. The molecule has 1 aliphatic heterocycles. The third-order valence-electron chi connectivity index (χ3n) is 4.98. The number of carbonyl (C=O) groups is 1. The highest BCUT2D eigenvalue weighted by Gasteiger charge is 2.27. The summed E-state index contributed by atoms with van der Waals surface area (Å²) in [4.78, 5) is 12.9. The first-order valence-electron chi connectivity index (χ1n) is 9.30. The Labute approximate surface area is 171 Å². The Kier molecular flexibility index (Phi) is 6.11. The first-order valence-corrected chi connectivity index (χ1v) is 12.6. The zero-order chi connectivity index (χ0) is 21.2. The van der Waals surface area contributed by atoms with Crippen LogP contribution in [0.25, 0.3) is 0 Å². The van der Waals surface area contributed by atoms with Gasteiger partial charge in [0.2, 0.25) is 10.0 Å². The van der Waals surface area contributed by atoms with Crippen molar-refractivity contribution in [1.29, 1.82) is 0 Å². The molecule has 29 heavy (non-hydrogen) atoms. The molecule has 0 aromatic heterocycles. The zero-order valence-corrected chi connectivity index (χ0v) is 18.0. The first-order chi connectivity index (χ1) is 13.6. The minimum atomic E-state index is -3.51. The molecular weight excluding hydrogens is 412 g/mol. The van der Waals surface area contributed by atoms with Gasteiger partial charge in [0.15, 0.2) is 9.84 Å². The maximum atomic E-state index is 12.6. The molecule has 2 aromatic carbocycles. The summed E-state index contributed by atoms with van der Waals surface area (Å²) in [6.45, 7) is 2.85. The molecule has 1 N–H and O–H groups in total. The van der Waals surface area contributed by atoms with Crippen molar-refractivity contribution in [2.45, 2.75) is 35.6 Å². The Morgan fingerprint density at radius 1 is 0.897 bits per heavy atom. The molecule has 1 atom stereocenters. The first kappa shape index (κ1) is 21.5. The van der Waals surface area contributed by atoms with E-state index in [4.69, 9.17) is 0 Å². The van der Waals surface area contributed by atoms with Gasteiger partial charge in [0.05, 0.1) is 15.8 Å². The molecule has 0 radical (unpaired) electrons. The van der Waals surface area contributed by atoms with Gasteiger partial charge in [-0.1, -0.05) is 12.1 Å². The van der Waals surface area contributed by atoms with Gasteiger partial charge < -0.3 is 5.32 Å². The van der Waals surface area contributed by atoms with Crippen LogP contribution in [0.15, 0.2) is 58.3 Å². The van der Waals surface area contributed by atoms with Gasteiger partial charge in [-0.2, -0.15) is 4.31 Å². The summed E-state index contributed by atoms with van der Waals surface area (Å²) in [6, 6.07) is 11.9. The molecule has 2 aromatic rings. The van der Waals surface area contributed by atoms with E-state index in [1.165, 1.54) is 40.7 Å². The Hall–Kier alpha value is -2.23. The topological polar surface area (TPSA) is 101 Å². The lowest BCUT2D eigenvalue weighted by Crippen LogP contribution is -2.28. The number of carbonyl (C=O) groups excluding carboxylic acids is 1. The molecule has 156 valence electrons. The molecular formula is C20H24N2O5S2. The van der Waals surface area contributed by atoms with Crippen LogP contribution < -0.4 is 5.32 Å². The van der Waals surface area contributed by atoms with Gasteiger partial charge in [0, 0.05) is 24.9 Å². The van der Waals surface area contributed by atoms with E-state index < -0.39 is 19.9 Å². The van der Waals surface area contributed by atoms with Crippen LogP contribution in [0.1, 0.15) is 41.7 Å². The van der Waals surface area contributed by atoms with E-state index in [2.05, 4.69) is 5.32 Å². The monoisotopic (exact) mass is 436 g/mol. The van der Waals surface area contributed by atoms with Crippen molar-refractivity contribution >= 4 is 25.8 Å². The molecule has 0 unspecified atom stereocenters. The summed E-state index contributed by atoms with van der Waals surface area (Å²) in [7, 11) is -6.78. The summed E-state index contributed by atoms with van der Waals surface area (Å²) in [5.41, 5.74) is 1.11. The van der Waals surface area contributed by atoms with Crippen molar-refractivity contribution in [1.82, 2.24) is 9.62 Å². The quantitative estimate of drug-likeness (QED) is 0.749. The largest absolute Gasteiger partial charge is 0.346 e. The van der Waals surface area contributed by atoms with E-state index in [-0.39, 0.29) is 21.7 Å². The molecule has 9 heteroatoms. The molecule has 1 amide bonds. The molecule has 0 bridgehead atoms. The van der Waals surface area contributed by atoms with Gasteiger partial charge in [0.25, 0.3) is 5.91 Å². The number of nitrogens with zero attached hydrogens (tertiary/aromatic N) is 1. The maximum Gasteiger partial charge on any atom is 0.251 e. The van der Waals surface area contributed by atoms with E-state index in [1.807, 2.05) is 0 Å². The van der Waals surface area contributed by atoms with Gasteiger partial charge in [0.1, 0.15) is 0 Å². The predicted molar refractivity (Wildman–Crippen MR) is 110 cm³/mol. The van der Waals surface area contributed by atoms with Crippen molar-refractivity contribution in [2.75, 3.05) is 19.3 Å². The second kappa shape index (κ2) is 8.25. The molecule has 1 aliphatic rings. The smallest absolute Gasteiger partial charge is 0.251 e. The molecule has 0 saturated carbocycles. The number of hydrogen-bond donors (Lipinski definition) is 1. The third kappa shape index (κ3) is 4.85. The average Bonchev–Trinajstić information content (AvgIpc) is 3.23. The average molecular weight is 437 g/mol. The van der Waals surface area contributed by atoms with Crippen molar-refractivity contribution < 1.29 is 21.6 Å². The fourth-order valence-corrected chi connectivity index (χ4v) is 5.37. The van der Waals surface area contributed by atoms with Crippen LogP contribution in [0.4, 0.5) is 0 Å². The predicted octanol–water partition coefficient (Wildman–Crippen LogP) is 2.37. The highest BCUT2D eigenvalue weighted by molar-refractivity contribution is 7.90. The second-order valence-corrected chi connectivity index (χ2v) is 11.1. The number of benzene rings is 2. The Bertz CT molecular complexity index is 1090. The molecule has 0 spiro atoms. The minimum Gasteiger partial charge on any atom is -0.346 e. The summed E-state index contributed by atoms with van der Waals surface area (Å²) in [5, 5.41) is 2.84. The van der Waals surface area contributed by atoms with Crippen LogP contribution in [0, 0.1) is 0 Å². The standard InChI is InChI=1S/C20H24N2O5S2/c1-15(16-5-9-18(10-6-16)28(2,24)25)21-20(23)17-7-11-19(12-8-17)29(26,27)22-13-3-4-14-22/h5-12,15H,3-4,13-14H2,1-2H3,(H,21,23)/t15-/m1/s1. The third-order valence-corrected chi connectivity index (χ3v) is 8.02. The Morgan fingerprint density at radius 2 is 1.41 bits per heavy atom. The normalized spacial score (nSPS) is 16.5. The van der Waals surface area contributed by atoms with Crippen molar-refractivity contribution in [3.05, 3.63) is 59.7 Å². The summed E-state index contributed by atoms with van der Waals surface area (Å²) in [5.74, 6) is -0.338. The second-order valence-electron chi connectivity index (χ2n) is 7.17. The van der Waals surface area contributed by atoms with Gasteiger partial charge >= 0.3 is 0 Å². The molecule has 1 heterocycles. The van der Waals surface area contributed by atoms with Crippen LogP contribution >= 0.6 is 0 Å². The molecule has 7 nitrogen and oxygen atoms in total. The molecule has 1 saturated heterocycles. The lowest BCUT2D eigenvalue weighted by atomic mass is 10.1. The van der Waals surface area contributed by atoms with Crippen molar-refractivity contribution in [3.63, 3.8) is 0 Å². The van der Waals surface area contributed by atoms with Gasteiger partial charge in [-0.05, 0) is 61.7 Å². The summed E-state index contributed by atoms with van der Waals surface area (Å²) >= 11 is 0. The number of rotatable bonds is 6. The fourth-order valence-electron chi connectivity index (χ4n) is 3.22. The highest BCUT2D eigenvalue weighted by atomic mass is 32.2. The van der Waals surface area contributed by atoms with E-state index in [9.17, 15) is 21.6 Å². The SMILES string of the molecule is C[C@@H](NC(=O)c1ccc(S(=O)(=O)N2CCCC2)cc1)c1ccc(S(C)(=O)=O)cc1. The van der Waals surface area contributed by atoms with Crippen LogP contribution in [-0.4, -0.2) is 46.4 Å². The van der Waals surface area contributed by atoms with Crippen LogP contribution in [0.3, 0.4) is 0 Å². The lowest BCUT2D eigenvalue weighted by Gasteiger charge is -2.17. The number of hydrogen-bond acceptors (Lipinski definition) is 5. The van der Waals surface area contributed by atoms with E-state index in [1.54, 1.807) is 19.1 Å². The number of amides is 1. The maximum absolute atomic E-state index is 12.6. The van der Waals surface area contributed by atoms with Gasteiger partial charge in [-0.15, -0.1) is 0 Å². The minimum absolute atomic E-state index is 0.181. The highest BCUT2D eigenvalue weighted by Crippen LogP contribution is 2.22. The lowest BCUT2D eigenvalue weighted by molar-refractivity contribution is 0.0939. The number of sulfonamides is 1. The van der Waals surface area contributed by atoms with Gasteiger partial charge in [-0.25, -0.2) is 16.8 Å². The van der Waals surface area contributed by atoms with Crippen molar-refractivity contribution in [3.8, 4) is 0 Å². The molecule has 1 fully saturated rings. The Balaban J connectivity index is 1.69. The summed E-state index contributed by atoms with van der Waals surface area (Å²) in [6.07, 6.45) is 2.87. The van der Waals surface area contributed by atoms with Crippen molar-refractivity contribution in [2.24, 2.45) is 0 Å². The fraction of sp³-hybridized carbons (Fsp3) is 0.350. The van der Waals surface area contributed by atoms with E-state index >= 15 is 0 Å².